The second-order valence-electron chi connectivity index (χ2n) is 7.17. The summed E-state index contributed by atoms with van der Waals surface area (Å²) in [7, 11) is -2.21. The first-order valence-corrected chi connectivity index (χ1v) is 11.4. The first kappa shape index (κ1) is 22.0. The number of rotatable bonds is 8. The molecule has 4 rings (SSSR count). The molecule has 0 bridgehead atoms. The number of carbonyl (C=O) groups is 1. The summed E-state index contributed by atoms with van der Waals surface area (Å²) < 4.78 is 27.7. The van der Waals surface area contributed by atoms with Crippen LogP contribution in [0.5, 0.6) is 0 Å². The Hall–Kier alpha value is -4.18. The molecule has 0 aliphatic rings. The van der Waals surface area contributed by atoms with E-state index in [1.165, 1.54) is 36.8 Å². The minimum Gasteiger partial charge on any atom is -0.345 e. The molecular formula is C23H20N6O3S. The predicted molar refractivity (Wildman–Crippen MR) is 127 cm³/mol. The molecule has 0 radical (unpaired) electrons. The molecule has 3 heterocycles. The van der Waals surface area contributed by atoms with Crippen LogP contribution >= 0.6 is 0 Å². The maximum absolute atomic E-state index is 13.3. The van der Waals surface area contributed by atoms with Gasteiger partial charge < -0.3 is 10.4 Å². The van der Waals surface area contributed by atoms with Gasteiger partial charge in [0.05, 0.1) is 5.92 Å². The molecule has 0 saturated heterocycles. The number of aliphatic imine (C=N–C) groups is 1. The van der Waals surface area contributed by atoms with Crippen molar-refractivity contribution in [2.45, 2.75) is 10.8 Å². The number of hydrogen-bond donors (Lipinski definition) is 3. The number of pyridine rings is 2. The SMILES string of the molecule is CN=CC(C=N)c1cnc2[nH]cc(C(=O)c3cccc(NS(=O)(=O)c4cccnc4)c3)c2c1. The third-order valence-corrected chi connectivity index (χ3v) is 6.36. The zero-order valence-electron chi connectivity index (χ0n) is 17.6. The lowest BCUT2D eigenvalue weighted by Gasteiger charge is -2.09. The fourth-order valence-electron chi connectivity index (χ4n) is 3.38. The number of aromatic nitrogens is 3. The normalized spacial score (nSPS) is 12.6. The molecule has 10 heteroatoms. The van der Waals surface area contributed by atoms with Crippen molar-refractivity contribution in [3.05, 3.63) is 83.9 Å². The van der Waals surface area contributed by atoms with Gasteiger partial charge in [0.25, 0.3) is 10.0 Å². The van der Waals surface area contributed by atoms with Crippen molar-refractivity contribution in [1.29, 1.82) is 5.41 Å². The summed E-state index contributed by atoms with van der Waals surface area (Å²) >= 11 is 0. The van der Waals surface area contributed by atoms with E-state index in [0.717, 1.165) is 5.56 Å². The Kier molecular flexibility index (Phi) is 6.09. The minimum absolute atomic E-state index is 0.0216. The Morgan fingerprint density at radius 3 is 2.79 bits per heavy atom. The van der Waals surface area contributed by atoms with Gasteiger partial charge in [-0.15, -0.1) is 0 Å². The van der Waals surface area contributed by atoms with Crippen LogP contribution in [0.15, 0.2) is 77.1 Å². The van der Waals surface area contributed by atoms with E-state index in [-0.39, 0.29) is 22.3 Å². The van der Waals surface area contributed by atoms with Crippen molar-refractivity contribution < 1.29 is 13.2 Å². The Balaban J connectivity index is 1.67. The lowest BCUT2D eigenvalue weighted by atomic mass is 9.99. The van der Waals surface area contributed by atoms with Crippen LogP contribution < -0.4 is 4.72 Å². The lowest BCUT2D eigenvalue weighted by Crippen LogP contribution is -2.13. The second kappa shape index (κ2) is 9.13. The molecule has 0 spiro atoms. The van der Waals surface area contributed by atoms with Crippen LogP contribution in [0, 0.1) is 5.41 Å². The van der Waals surface area contributed by atoms with Gasteiger partial charge >= 0.3 is 0 Å². The first-order valence-electron chi connectivity index (χ1n) is 9.90. The zero-order chi connectivity index (χ0) is 23.4. The Morgan fingerprint density at radius 2 is 2.06 bits per heavy atom. The van der Waals surface area contributed by atoms with E-state index in [9.17, 15) is 13.2 Å². The minimum atomic E-state index is -3.84. The zero-order valence-corrected chi connectivity index (χ0v) is 18.4. The van der Waals surface area contributed by atoms with Crippen LogP contribution in [0.4, 0.5) is 5.69 Å². The van der Waals surface area contributed by atoms with Crippen molar-refractivity contribution in [3.63, 3.8) is 0 Å². The Labute approximate surface area is 190 Å². The van der Waals surface area contributed by atoms with Crippen molar-refractivity contribution in [3.8, 4) is 0 Å². The lowest BCUT2D eigenvalue weighted by molar-refractivity contribution is 0.104. The molecule has 9 nitrogen and oxygen atoms in total. The number of nitrogens with zero attached hydrogens (tertiary/aromatic N) is 3. The molecule has 3 aromatic heterocycles. The van der Waals surface area contributed by atoms with E-state index in [2.05, 4.69) is 24.7 Å². The number of sulfonamides is 1. The number of benzene rings is 1. The van der Waals surface area contributed by atoms with Crippen molar-refractivity contribution in [1.82, 2.24) is 15.0 Å². The van der Waals surface area contributed by atoms with Gasteiger partial charge in [0.2, 0.25) is 0 Å². The van der Waals surface area contributed by atoms with E-state index in [0.29, 0.717) is 22.2 Å². The number of H-pyrrole nitrogens is 1. The number of ketones is 1. The number of fused-ring (bicyclic) bond motifs is 1. The van der Waals surface area contributed by atoms with Crippen LogP contribution in [0.1, 0.15) is 27.4 Å². The summed E-state index contributed by atoms with van der Waals surface area (Å²) in [6.45, 7) is 0. The average Bonchev–Trinajstić information content (AvgIpc) is 3.26. The van der Waals surface area contributed by atoms with Gasteiger partial charge in [0.1, 0.15) is 10.5 Å². The monoisotopic (exact) mass is 460 g/mol. The maximum atomic E-state index is 13.3. The van der Waals surface area contributed by atoms with Gasteiger partial charge in [-0.05, 0) is 35.9 Å². The molecular weight excluding hydrogens is 440 g/mol. The molecule has 33 heavy (non-hydrogen) atoms. The van der Waals surface area contributed by atoms with Crippen LogP contribution in [-0.2, 0) is 10.0 Å². The van der Waals surface area contributed by atoms with E-state index in [4.69, 9.17) is 5.41 Å². The molecule has 0 saturated carbocycles. The van der Waals surface area contributed by atoms with E-state index in [1.54, 1.807) is 49.9 Å². The first-order chi connectivity index (χ1) is 15.9. The molecule has 3 N–H and O–H groups in total. The molecule has 1 aromatic carbocycles. The molecule has 0 aliphatic heterocycles. The van der Waals surface area contributed by atoms with Gasteiger partial charge in [0.15, 0.2) is 5.78 Å². The average molecular weight is 461 g/mol. The van der Waals surface area contributed by atoms with E-state index in [1.807, 2.05) is 0 Å². The highest BCUT2D eigenvalue weighted by atomic mass is 32.2. The number of anilines is 1. The van der Waals surface area contributed by atoms with Crippen LogP contribution in [0.2, 0.25) is 0 Å². The largest absolute Gasteiger partial charge is 0.345 e. The Morgan fingerprint density at radius 1 is 1.21 bits per heavy atom. The smallest absolute Gasteiger partial charge is 0.263 e. The highest BCUT2D eigenvalue weighted by molar-refractivity contribution is 7.92. The number of hydrogen-bond acceptors (Lipinski definition) is 7. The van der Waals surface area contributed by atoms with Gasteiger partial charge in [-0.25, -0.2) is 13.4 Å². The van der Waals surface area contributed by atoms with Crippen LogP contribution in [0.3, 0.4) is 0 Å². The molecule has 1 atom stereocenters. The second-order valence-corrected chi connectivity index (χ2v) is 8.85. The molecule has 166 valence electrons. The number of nitrogens with one attached hydrogen (secondary N) is 3. The van der Waals surface area contributed by atoms with Gasteiger partial charge in [-0.1, -0.05) is 12.1 Å². The highest BCUT2D eigenvalue weighted by Gasteiger charge is 2.19. The standard InChI is InChI=1S/C23H20N6O3S/c1-25-11-17(10-24)16-9-20-21(14-28-23(20)27-12-16)22(30)15-4-2-5-18(8-15)29-33(31,32)19-6-3-7-26-13-19/h2-14,17,24,29H,1H3,(H,27,28). The molecule has 1 unspecified atom stereocenters. The van der Waals surface area contributed by atoms with Crippen LogP contribution in [-0.4, -0.2) is 48.6 Å². The third kappa shape index (κ3) is 4.55. The topological polar surface area (TPSA) is 141 Å². The van der Waals surface area contributed by atoms with Crippen LogP contribution in [0.25, 0.3) is 11.0 Å². The van der Waals surface area contributed by atoms with Gasteiger partial charge in [-0.2, -0.15) is 0 Å². The number of aromatic amines is 1. The quantitative estimate of drug-likeness (QED) is 0.273. The van der Waals surface area contributed by atoms with Crippen molar-refractivity contribution in [2.24, 2.45) is 4.99 Å². The molecule has 0 fully saturated rings. The van der Waals surface area contributed by atoms with E-state index >= 15 is 0 Å². The number of carbonyl (C=O) groups excluding carboxylic acids is 1. The summed E-state index contributed by atoms with van der Waals surface area (Å²) in [6.07, 6.45) is 8.82. The summed E-state index contributed by atoms with van der Waals surface area (Å²) in [5.74, 6) is -0.645. The maximum Gasteiger partial charge on any atom is 0.263 e. The summed E-state index contributed by atoms with van der Waals surface area (Å²) in [5.41, 5.74) is 2.23. The Bertz CT molecular complexity index is 1460. The summed E-state index contributed by atoms with van der Waals surface area (Å²) in [5, 5.41) is 8.23. The van der Waals surface area contributed by atoms with Crippen molar-refractivity contribution in [2.75, 3.05) is 11.8 Å². The highest BCUT2D eigenvalue weighted by Crippen LogP contribution is 2.25. The van der Waals surface area contributed by atoms with Gasteiger partial charge in [-0.3, -0.25) is 19.5 Å². The van der Waals surface area contributed by atoms with E-state index < -0.39 is 10.0 Å². The fraction of sp³-hybridized carbons (Fsp3) is 0.0870. The molecule has 0 amide bonds. The summed E-state index contributed by atoms with van der Waals surface area (Å²) in [4.78, 5) is 28.5. The third-order valence-electron chi connectivity index (χ3n) is 4.99. The van der Waals surface area contributed by atoms with Crippen molar-refractivity contribution >= 4 is 45.0 Å². The summed E-state index contributed by atoms with van der Waals surface area (Å²) in [6, 6.07) is 11.0. The fourth-order valence-corrected chi connectivity index (χ4v) is 4.39. The molecule has 0 aliphatic carbocycles. The predicted octanol–water partition coefficient (Wildman–Crippen LogP) is 3.42. The van der Waals surface area contributed by atoms with Gasteiger partial charge in [0, 0.05) is 66.5 Å². The molecule has 4 aromatic rings.